The Hall–Kier alpha value is -2.32. The number of amides is 2. The summed E-state index contributed by atoms with van der Waals surface area (Å²) in [6.07, 6.45) is 0. The minimum atomic E-state index is -0.972. The molecule has 1 heterocycles. The zero-order valence-electron chi connectivity index (χ0n) is 9.78. The molecule has 0 saturated carbocycles. The molecular formula is C10H8Cl2N6O2. The minimum absolute atomic E-state index is 0.0126. The highest BCUT2D eigenvalue weighted by Gasteiger charge is 2.17. The van der Waals surface area contributed by atoms with E-state index in [-0.39, 0.29) is 22.6 Å². The van der Waals surface area contributed by atoms with Gasteiger partial charge in [-0.25, -0.2) is 5.10 Å². The number of aromatic amines is 1. The lowest BCUT2D eigenvalue weighted by Gasteiger charge is -2.06. The Morgan fingerprint density at radius 3 is 2.55 bits per heavy atom. The number of halogens is 2. The van der Waals surface area contributed by atoms with Crippen LogP contribution in [0.1, 0.15) is 0 Å². The third kappa shape index (κ3) is 3.37. The Balaban J connectivity index is 2.04. The van der Waals surface area contributed by atoms with Crippen molar-refractivity contribution in [1.29, 1.82) is 0 Å². The number of nitrogens with two attached hydrogens (primary N) is 1. The fraction of sp³-hybridized carbons (Fsp3) is 0. The molecule has 0 radical (unpaired) electrons. The first-order valence-corrected chi connectivity index (χ1v) is 5.96. The van der Waals surface area contributed by atoms with Gasteiger partial charge in [0.15, 0.2) is 0 Å². The Morgan fingerprint density at radius 2 is 1.90 bits per heavy atom. The van der Waals surface area contributed by atoms with Gasteiger partial charge in [0.25, 0.3) is 5.95 Å². The average molecular weight is 315 g/mol. The van der Waals surface area contributed by atoms with Gasteiger partial charge in [-0.2, -0.15) is 4.98 Å². The predicted octanol–water partition coefficient (Wildman–Crippen LogP) is 1.27. The van der Waals surface area contributed by atoms with Gasteiger partial charge in [0.2, 0.25) is 5.95 Å². The number of aromatic nitrogens is 3. The van der Waals surface area contributed by atoms with E-state index in [9.17, 15) is 9.59 Å². The van der Waals surface area contributed by atoms with Crippen LogP contribution in [0, 0.1) is 0 Å². The summed E-state index contributed by atoms with van der Waals surface area (Å²) in [5.74, 6) is -2.02. The maximum atomic E-state index is 11.7. The highest BCUT2D eigenvalue weighted by atomic mass is 35.5. The van der Waals surface area contributed by atoms with Crippen molar-refractivity contribution in [3.63, 3.8) is 0 Å². The number of nitrogens with zero attached hydrogens (tertiary/aromatic N) is 2. The summed E-state index contributed by atoms with van der Waals surface area (Å²) < 4.78 is 0. The van der Waals surface area contributed by atoms with Gasteiger partial charge in [-0.15, -0.1) is 5.10 Å². The van der Waals surface area contributed by atoms with Crippen LogP contribution in [0.2, 0.25) is 10.0 Å². The summed E-state index contributed by atoms with van der Waals surface area (Å²) in [6.45, 7) is 0. The molecule has 2 rings (SSSR count). The maximum absolute atomic E-state index is 11.7. The standard InChI is InChI=1S/C10H8Cl2N6O2/c11-4-1-2-5(12)6(3-4)14-7(19)8(20)15-10-16-9(13)17-18-10/h1-3H,(H,14,19)(H4,13,15,16,17,18,20). The zero-order valence-corrected chi connectivity index (χ0v) is 11.3. The molecule has 8 nitrogen and oxygen atoms in total. The lowest BCUT2D eigenvalue weighted by atomic mass is 10.3. The molecule has 2 aromatic rings. The van der Waals surface area contributed by atoms with E-state index in [2.05, 4.69) is 25.8 Å². The Labute approximate surface area is 122 Å². The number of H-pyrrole nitrogens is 1. The second-order valence-electron chi connectivity index (χ2n) is 3.58. The number of hydrogen-bond acceptors (Lipinski definition) is 5. The van der Waals surface area contributed by atoms with Gasteiger partial charge in [-0.05, 0) is 18.2 Å². The van der Waals surface area contributed by atoms with Gasteiger partial charge < -0.3 is 11.1 Å². The molecule has 0 bridgehead atoms. The highest BCUT2D eigenvalue weighted by molar-refractivity contribution is 6.45. The second-order valence-corrected chi connectivity index (χ2v) is 4.42. The molecule has 0 aliphatic heterocycles. The molecule has 20 heavy (non-hydrogen) atoms. The van der Waals surface area contributed by atoms with Crippen LogP contribution in [-0.2, 0) is 9.59 Å². The van der Waals surface area contributed by atoms with Crippen molar-refractivity contribution in [2.45, 2.75) is 0 Å². The van der Waals surface area contributed by atoms with Crippen molar-refractivity contribution < 1.29 is 9.59 Å². The van der Waals surface area contributed by atoms with Crippen molar-refractivity contribution >= 4 is 52.6 Å². The minimum Gasteiger partial charge on any atom is -0.368 e. The summed E-state index contributed by atoms with van der Waals surface area (Å²) in [5, 5.41) is 11.0. The first-order chi connectivity index (χ1) is 9.45. The quantitative estimate of drug-likeness (QED) is 0.621. The molecule has 0 atom stereocenters. The van der Waals surface area contributed by atoms with Gasteiger partial charge in [-0.3, -0.25) is 14.9 Å². The lowest BCUT2D eigenvalue weighted by molar-refractivity contribution is -0.133. The summed E-state index contributed by atoms with van der Waals surface area (Å²) in [7, 11) is 0. The van der Waals surface area contributed by atoms with Gasteiger partial charge in [0, 0.05) is 5.02 Å². The monoisotopic (exact) mass is 314 g/mol. The van der Waals surface area contributed by atoms with Crippen LogP contribution in [0.4, 0.5) is 17.6 Å². The Morgan fingerprint density at radius 1 is 1.20 bits per heavy atom. The molecule has 1 aromatic heterocycles. The highest BCUT2D eigenvalue weighted by Crippen LogP contribution is 2.25. The normalized spacial score (nSPS) is 10.1. The maximum Gasteiger partial charge on any atom is 0.316 e. The molecule has 0 fully saturated rings. The molecule has 2 amide bonds. The molecule has 5 N–H and O–H groups in total. The van der Waals surface area contributed by atoms with Crippen LogP contribution in [0.15, 0.2) is 18.2 Å². The molecule has 0 unspecified atom stereocenters. The number of nitrogen functional groups attached to an aromatic ring is 1. The van der Waals surface area contributed by atoms with E-state index >= 15 is 0 Å². The van der Waals surface area contributed by atoms with Crippen molar-refractivity contribution in [3.8, 4) is 0 Å². The third-order valence-corrected chi connectivity index (χ3v) is 2.68. The van der Waals surface area contributed by atoms with Gasteiger partial charge in [-0.1, -0.05) is 23.2 Å². The van der Waals surface area contributed by atoms with Gasteiger partial charge in [0.1, 0.15) is 0 Å². The third-order valence-electron chi connectivity index (χ3n) is 2.11. The van der Waals surface area contributed by atoms with E-state index in [1.807, 2.05) is 0 Å². The van der Waals surface area contributed by atoms with Crippen molar-refractivity contribution in [1.82, 2.24) is 15.2 Å². The Kier molecular flexibility index (Phi) is 4.06. The number of carbonyl (C=O) groups is 2. The first kappa shape index (κ1) is 14.1. The zero-order chi connectivity index (χ0) is 14.7. The first-order valence-electron chi connectivity index (χ1n) is 5.21. The van der Waals surface area contributed by atoms with Crippen LogP contribution in [-0.4, -0.2) is 27.0 Å². The van der Waals surface area contributed by atoms with Crippen LogP contribution in [0.25, 0.3) is 0 Å². The second kappa shape index (κ2) is 5.76. The largest absolute Gasteiger partial charge is 0.368 e. The molecule has 10 heteroatoms. The van der Waals surface area contributed by atoms with E-state index in [1.165, 1.54) is 12.1 Å². The summed E-state index contributed by atoms with van der Waals surface area (Å²) in [5.41, 5.74) is 5.49. The van der Waals surface area contributed by atoms with E-state index in [0.29, 0.717) is 5.02 Å². The van der Waals surface area contributed by atoms with E-state index < -0.39 is 11.8 Å². The summed E-state index contributed by atoms with van der Waals surface area (Å²) >= 11 is 11.6. The topological polar surface area (TPSA) is 126 Å². The molecule has 0 aliphatic rings. The molecule has 1 aromatic carbocycles. The van der Waals surface area contributed by atoms with Gasteiger partial charge >= 0.3 is 11.8 Å². The van der Waals surface area contributed by atoms with E-state index in [4.69, 9.17) is 28.9 Å². The van der Waals surface area contributed by atoms with Crippen LogP contribution in [0.3, 0.4) is 0 Å². The molecular weight excluding hydrogens is 307 g/mol. The summed E-state index contributed by atoms with van der Waals surface area (Å²) in [6, 6.07) is 4.46. The van der Waals surface area contributed by atoms with Gasteiger partial charge in [0.05, 0.1) is 10.7 Å². The average Bonchev–Trinajstić information content (AvgIpc) is 2.79. The SMILES string of the molecule is Nc1nc(NC(=O)C(=O)Nc2cc(Cl)ccc2Cl)n[nH]1. The number of rotatable bonds is 2. The number of carbonyl (C=O) groups excluding carboxylic acids is 2. The molecule has 0 spiro atoms. The summed E-state index contributed by atoms with van der Waals surface area (Å²) in [4.78, 5) is 26.9. The van der Waals surface area contributed by atoms with Crippen LogP contribution in [0.5, 0.6) is 0 Å². The molecule has 0 aliphatic carbocycles. The fourth-order valence-electron chi connectivity index (χ4n) is 1.26. The smallest absolute Gasteiger partial charge is 0.316 e. The van der Waals surface area contributed by atoms with E-state index in [1.54, 1.807) is 6.07 Å². The number of nitrogens with one attached hydrogen (secondary N) is 3. The number of benzene rings is 1. The fourth-order valence-corrected chi connectivity index (χ4v) is 1.60. The van der Waals surface area contributed by atoms with Crippen LogP contribution >= 0.6 is 23.2 Å². The van der Waals surface area contributed by atoms with Crippen LogP contribution < -0.4 is 16.4 Å². The predicted molar refractivity (Wildman–Crippen MR) is 74.5 cm³/mol. The molecule has 0 saturated heterocycles. The van der Waals surface area contributed by atoms with Crippen molar-refractivity contribution in [2.24, 2.45) is 0 Å². The van der Waals surface area contributed by atoms with Crippen molar-refractivity contribution in [3.05, 3.63) is 28.2 Å². The van der Waals surface area contributed by atoms with Crippen molar-refractivity contribution in [2.75, 3.05) is 16.4 Å². The number of anilines is 3. The lowest BCUT2D eigenvalue weighted by Crippen LogP contribution is -2.29. The van der Waals surface area contributed by atoms with E-state index in [0.717, 1.165) is 0 Å². The molecule has 104 valence electrons. The number of hydrogen-bond donors (Lipinski definition) is 4. The Bertz CT molecular complexity index is 672.